The molecule has 1 aliphatic heterocycles. The summed E-state index contributed by atoms with van der Waals surface area (Å²) >= 11 is 0. The number of hydrogen-bond donors (Lipinski definition) is 0. The van der Waals surface area contributed by atoms with Gasteiger partial charge in [-0.2, -0.15) is 0 Å². The molecule has 0 bridgehead atoms. The number of hydrogen-bond acceptors (Lipinski definition) is 3. The monoisotopic (exact) mass is 430 g/mol. The minimum atomic E-state index is -0.108. The van der Waals surface area contributed by atoms with Crippen LogP contribution in [0, 0.1) is 11.3 Å². The summed E-state index contributed by atoms with van der Waals surface area (Å²) in [7, 11) is 4.22. The number of benzene rings is 2. The summed E-state index contributed by atoms with van der Waals surface area (Å²) < 4.78 is 2.34. The highest BCUT2D eigenvalue weighted by atomic mass is 16.2. The van der Waals surface area contributed by atoms with Crippen molar-refractivity contribution in [3.05, 3.63) is 54.4 Å². The summed E-state index contributed by atoms with van der Waals surface area (Å²) in [4.78, 5) is 21.9. The van der Waals surface area contributed by atoms with Crippen molar-refractivity contribution >= 4 is 16.9 Å². The maximum atomic E-state index is 12.9. The van der Waals surface area contributed by atoms with Crippen molar-refractivity contribution in [2.45, 2.75) is 45.7 Å². The number of carbonyl (C=O) groups excluding carboxylic acids is 1. The standard InChI is InChI=1S/C27H34N4O/c1-19-16-27(19,2)26(32)30-13-11-22(12-14-30)31-18-28-24-10-9-20(15-25(24)31)23-8-6-5-7-21(23)17-29(3)4/h5-10,15,18-19,22H,11-14,16-17H2,1-4H3. The van der Waals surface area contributed by atoms with E-state index in [4.69, 9.17) is 0 Å². The number of fused-ring (bicyclic) bond motifs is 1. The molecule has 2 aliphatic rings. The molecule has 0 spiro atoms. The van der Waals surface area contributed by atoms with E-state index in [1.165, 1.54) is 22.2 Å². The van der Waals surface area contributed by atoms with Crippen molar-refractivity contribution in [2.24, 2.45) is 11.3 Å². The van der Waals surface area contributed by atoms with Crippen molar-refractivity contribution in [3.8, 4) is 11.1 Å². The number of carbonyl (C=O) groups is 1. The Morgan fingerprint density at radius 2 is 1.88 bits per heavy atom. The minimum absolute atomic E-state index is 0.108. The van der Waals surface area contributed by atoms with E-state index < -0.39 is 0 Å². The van der Waals surface area contributed by atoms with Crippen LogP contribution in [-0.4, -0.2) is 52.4 Å². The first kappa shape index (κ1) is 21.2. The molecule has 1 amide bonds. The normalized spacial score (nSPS) is 23.8. The van der Waals surface area contributed by atoms with E-state index in [9.17, 15) is 4.79 Å². The van der Waals surface area contributed by atoms with Gasteiger partial charge in [0, 0.05) is 31.1 Å². The first-order chi connectivity index (χ1) is 15.4. The summed E-state index contributed by atoms with van der Waals surface area (Å²) in [6.07, 6.45) is 5.01. The van der Waals surface area contributed by atoms with Crippen LogP contribution in [0.15, 0.2) is 48.8 Å². The lowest BCUT2D eigenvalue weighted by molar-refractivity contribution is -0.138. The van der Waals surface area contributed by atoms with E-state index in [2.05, 4.69) is 89.8 Å². The molecular weight excluding hydrogens is 396 g/mol. The summed E-state index contributed by atoms with van der Waals surface area (Å²) in [5.41, 5.74) is 5.97. The lowest BCUT2D eigenvalue weighted by atomic mass is 9.98. The molecule has 1 saturated carbocycles. The van der Waals surface area contributed by atoms with Gasteiger partial charge in [0.2, 0.25) is 5.91 Å². The molecule has 1 aromatic heterocycles. The maximum absolute atomic E-state index is 12.9. The van der Waals surface area contributed by atoms with E-state index >= 15 is 0 Å². The summed E-state index contributed by atoms with van der Waals surface area (Å²) in [6.45, 7) is 6.92. The van der Waals surface area contributed by atoms with E-state index in [0.717, 1.165) is 44.4 Å². The number of likely N-dealkylation sites (tertiary alicyclic amines) is 1. The van der Waals surface area contributed by atoms with Crippen molar-refractivity contribution in [2.75, 3.05) is 27.2 Å². The summed E-state index contributed by atoms with van der Waals surface area (Å²) in [6, 6.07) is 15.7. The van der Waals surface area contributed by atoms with Gasteiger partial charge >= 0.3 is 0 Å². The molecule has 32 heavy (non-hydrogen) atoms. The largest absolute Gasteiger partial charge is 0.342 e. The van der Waals surface area contributed by atoms with Crippen LogP contribution in [0.25, 0.3) is 22.2 Å². The van der Waals surface area contributed by atoms with Gasteiger partial charge in [0.1, 0.15) is 0 Å². The Kier molecular flexibility index (Phi) is 5.32. The molecule has 168 valence electrons. The number of amides is 1. The molecule has 5 rings (SSSR count). The van der Waals surface area contributed by atoms with E-state index in [1.54, 1.807) is 0 Å². The molecule has 0 N–H and O–H groups in total. The summed E-state index contributed by atoms with van der Waals surface area (Å²) in [5.74, 6) is 0.887. The zero-order valence-corrected chi connectivity index (χ0v) is 19.7. The molecular formula is C27H34N4O. The second kappa shape index (κ2) is 8.04. The van der Waals surface area contributed by atoms with Crippen LogP contribution in [0.1, 0.15) is 44.7 Å². The SMILES string of the molecule is CC1CC1(C)C(=O)N1CCC(n2cnc3ccc(-c4ccccc4CN(C)C)cc32)CC1. The Hall–Kier alpha value is -2.66. The van der Waals surface area contributed by atoms with Crippen LogP contribution >= 0.6 is 0 Å². The molecule has 5 heteroatoms. The van der Waals surface area contributed by atoms with Crippen LogP contribution in [0.3, 0.4) is 0 Å². The number of rotatable bonds is 5. The molecule has 2 atom stereocenters. The zero-order chi connectivity index (χ0) is 22.5. The highest BCUT2D eigenvalue weighted by Crippen LogP contribution is 2.53. The number of imidazole rings is 1. The fourth-order valence-corrected chi connectivity index (χ4v) is 5.35. The van der Waals surface area contributed by atoms with Crippen LogP contribution in [0.5, 0.6) is 0 Å². The highest BCUT2D eigenvalue weighted by molar-refractivity contribution is 5.86. The smallest absolute Gasteiger partial charge is 0.228 e. The molecule has 1 aliphatic carbocycles. The van der Waals surface area contributed by atoms with Gasteiger partial charge in [-0.15, -0.1) is 0 Å². The van der Waals surface area contributed by atoms with Gasteiger partial charge in [-0.1, -0.05) is 44.2 Å². The Morgan fingerprint density at radius 3 is 2.56 bits per heavy atom. The van der Waals surface area contributed by atoms with Gasteiger partial charge in [-0.25, -0.2) is 4.98 Å². The third-order valence-electron chi connectivity index (χ3n) is 7.68. The summed E-state index contributed by atoms with van der Waals surface area (Å²) in [5, 5.41) is 0. The Morgan fingerprint density at radius 1 is 1.16 bits per heavy atom. The fraction of sp³-hybridized carbons (Fsp3) is 0.481. The average Bonchev–Trinajstić information content (AvgIpc) is 3.21. The van der Waals surface area contributed by atoms with E-state index in [-0.39, 0.29) is 5.41 Å². The third kappa shape index (κ3) is 3.73. The Labute approximate surface area is 191 Å². The van der Waals surface area contributed by atoms with Gasteiger partial charge in [0.25, 0.3) is 0 Å². The van der Waals surface area contributed by atoms with Gasteiger partial charge in [0.15, 0.2) is 0 Å². The van der Waals surface area contributed by atoms with Gasteiger partial charge in [-0.05, 0) is 68.1 Å². The van der Waals surface area contributed by atoms with E-state index in [0.29, 0.717) is 17.9 Å². The zero-order valence-electron chi connectivity index (χ0n) is 19.7. The minimum Gasteiger partial charge on any atom is -0.342 e. The second-order valence-electron chi connectivity index (χ2n) is 10.3. The fourth-order valence-electron chi connectivity index (χ4n) is 5.35. The predicted octanol–water partition coefficient (Wildman–Crippen LogP) is 4.97. The molecule has 1 saturated heterocycles. The van der Waals surface area contributed by atoms with Crippen molar-refractivity contribution in [1.82, 2.24) is 19.4 Å². The van der Waals surface area contributed by atoms with E-state index in [1.807, 2.05) is 6.33 Å². The van der Waals surface area contributed by atoms with Crippen molar-refractivity contribution in [3.63, 3.8) is 0 Å². The molecule has 2 fully saturated rings. The maximum Gasteiger partial charge on any atom is 0.228 e. The third-order valence-corrected chi connectivity index (χ3v) is 7.68. The van der Waals surface area contributed by atoms with Gasteiger partial charge in [0.05, 0.1) is 17.4 Å². The molecule has 2 heterocycles. The average molecular weight is 431 g/mol. The number of aromatic nitrogens is 2. The van der Waals surface area contributed by atoms with Crippen molar-refractivity contribution in [1.29, 1.82) is 0 Å². The second-order valence-corrected chi connectivity index (χ2v) is 10.3. The van der Waals surface area contributed by atoms with Gasteiger partial charge in [-0.3, -0.25) is 4.79 Å². The Balaban J connectivity index is 1.38. The topological polar surface area (TPSA) is 41.4 Å². The lowest BCUT2D eigenvalue weighted by Gasteiger charge is -2.34. The highest BCUT2D eigenvalue weighted by Gasteiger charge is 2.54. The quantitative estimate of drug-likeness (QED) is 0.574. The molecule has 0 radical (unpaired) electrons. The van der Waals surface area contributed by atoms with Crippen LogP contribution in [0.4, 0.5) is 0 Å². The first-order valence-electron chi connectivity index (χ1n) is 11.9. The molecule has 2 unspecified atom stereocenters. The van der Waals surface area contributed by atoms with Crippen LogP contribution in [0.2, 0.25) is 0 Å². The first-order valence-corrected chi connectivity index (χ1v) is 11.9. The number of nitrogens with zero attached hydrogens (tertiary/aromatic N) is 4. The lowest BCUT2D eigenvalue weighted by Crippen LogP contribution is -2.42. The molecule has 2 aromatic carbocycles. The van der Waals surface area contributed by atoms with Crippen LogP contribution in [-0.2, 0) is 11.3 Å². The Bertz CT molecular complexity index is 1140. The predicted molar refractivity (Wildman–Crippen MR) is 129 cm³/mol. The number of piperidine rings is 1. The molecule has 5 nitrogen and oxygen atoms in total. The van der Waals surface area contributed by atoms with Crippen LogP contribution < -0.4 is 0 Å². The van der Waals surface area contributed by atoms with Gasteiger partial charge < -0.3 is 14.4 Å². The molecule has 3 aromatic rings. The van der Waals surface area contributed by atoms with Crippen molar-refractivity contribution < 1.29 is 4.79 Å².